The molecule has 1 aromatic rings. The third kappa shape index (κ3) is 2.64. The maximum absolute atomic E-state index is 12.2. The molecule has 0 radical (unpaired) electrons. The molecule has 1 amide bonds. The molecule has 1 aliphatic rings. The number of anilines is 1. The molecule has 1 unspecified atom stereocenters. The molecule has 1 fully saturated rings. The number of benzene rings is 1. The Hall–Kier alpha value is -1.79. The number of likely N-dealkylation sites (tertiary alicyclic amines) is 1. The minimum absolute atomic E-state index is 0.00219. The maximum atomic E-state index is 12.2. The van der Waals surface area contributed by atoms with Crippen molar-refractivity contribution in [1.82, 2.24) is 4.90 Å². The van der Waals surface area contributed by atoms with Crippen LogP contribution in [-0.2, 0) is 4.79 Å². The number of nitrogens with zero attached hydrogens (tertiary/aromatic N) is 1. The number of aliphatic hydroxyl groups excluding tert-OH is 1. The van der Waals surface area contributed by atoms with Crippen molar-refractivity contribution >= 4 is 29.2 Å². The van der Waals surface area contributed by atoms with Gasteiger partial charge in [-0.25, -0.2) is 4.79 Å². The minimum atomic E-state index is -1.13. The number of rotatable bonds is 2. The number of hydrogen-bond donors (Lipinski definition) is 3. The fourth-order valence-electron chi connectivity index (χ4n) is 2.10. The molecular weight excluding hydrogens is 272 g/mol. The van der Waals surface area contributed by atoms with E-state index in [-0.39, 0.29) is 23.6 Å². The van der Waals surface area contributed by atoms with Crippen LogP contribution in [0.1, 0.15) is 16.8 Å². The third-order valence-corrected chi connectivity index (χ3v) is 3.40. The number of amides is 1. The van der Waals surface area contributed by atoms with Gasteiger partial charge in [-0.15, -0.1) is 0 Å². The fourth-order valence-corrected chi connectivity index (χ4v) is 2.28. The minimum Gasteiger partial charge on any atom is -0.480 e. The quantitative estimate of drug-likeness (QED) is 0.689. The lowest BCUT2D eigenvalue weighted by Gasteiger charge is -2.21. The van der Waals surface area contributed by atoms with E-state index < -0.39 is 24.0 Å². The number of carboxylic acid groups (broad SMARTS) is 1. The first-order valence-corrected chi connectivity index (χ1v) is 6.05. The monoisotopic (exact) mass is 284 g/mol. The van der Waals surface area contributed by atoms with Gasteiger partial charge in [-0.1, -0.05) is 11.6 Å². The van der Waals surface area contributed by atoms with Gasteiger partial charge in [0, 0.05) is 18.5 Å². The van der Waals surface area contributed by atoms with Gasteiger partial charge in [0.1, 0.15) is 6.04 Å². The molecule has 102 valence electrons. The second-order valence-corrected chi connectivity index (χ2v) is 4.84. The van der Waals surface area contributed by atoms with Gasteiger partial charge in [0.25, 0.3) is 5.91 Å². The highest BCUT2D eigenvalue weighted by Crippen LogP contribution is 2.24. The number of nitrogen functional groups attached to an aromatic ring is 1. The summed E-state index contributed by atoms with van der Waals surface area (Å²) in [6.45, 7) is -0.00219. The molecule has 1 saturated heterocycles. The normalized spacial score (nSPS) is 22.5. The maximum Gasteiger partial charge on any atom is 0.326 e. The Bertz CT molecular complexity index is 534. The number of hydrogen-bond acceptors (Lipinski definition) is 4. The van der Waals surface area contributed by atoms with E-state index in [4.69, 9.17) is 22.4 Å². The van der Waals surface area contributed by atoms with E-state index in [1.54, 1.807) is 0 Å². The molecule has 2 atom stereocenters. The summed E-state index contributed by atoms with van der Waals surface area (Å²) in [6, 6.07) is 3.34. The lowest BCUT2D eigenvalue weighted by molar-refractivity contribution is -0.141. The van der Waals surface area contributed by atoms with E-state index in [0.29, 0.717) is 5.69 Å². The Kier molecular flexibility index (Phi) is 3.64. The van der Waals surface area contributed by atoms with Gasteiger partial charge in [-0.3, -0.25) is 4.79 Å². The first-order chi connectivity index (χ1) is 8.90. The van der Waals surface area contributed by atoms with Crippen molar-refractivity contribution in [3.05, 3.63) is 28.8 Å². The van der Waals surface area contributed by atoms with Crippen LogP contribution >= 0.6 is 11.6 Å². The first kappa shape index (κ1) is 13.6. The molecule has 1 heterocycles. The molecule has 0 aromatic heterocycles. The fraction of sp³-hybridized carbons (Fsp3) is 0.333. The lowest BCUT2D eigenvalue weighted by atomic mass is 10.1. The van der Waals surface area contributed by atoms with Gasteiger partial charge in [0.05, 0.1) is 16.8 Å². The van der Waals surface area contributed by atoms with Crippen molar-refractivity contribution in [2.45, 2.75) is 18.6 Å². The predicted octanol–water partition coefficient (Wildman–Crippen LogP) is 0.582. The van der Waals surface area contributed by atoms with Crippen LogP contribution in [0.5, 0.6) is 0 Å². The van der Waals surface area contributed by atoms with E-state index in [1.165, 1.54) is 18.2 Å². The van der Waals surface area contributed by atoms with Crippen molar-refractivity contribution in [1.29, 1.82) is 0 Å². The van der Waals surface area contributed by atoms with E-state index in [1.807, 2.05) is 0 Å². The standard InChI is InChI=1S/C12H13ClN2O4/c13-8-3-6(1-2-9(8)14)11(17)15-5-7(16)4-10(15)12(18)19/h1-3,7,10,16H,4-5,14H2,(H,18,19)/t7?,10-/m0/s1. The van der Waals surface area contributed by atoms with Crippen molar-refractivity contribution in [2.24, 2.45) is 0 Å². The van der Waals surface area contributed by atoms with Crippen molar-refractivity contribution in [3.63, 3.8) is 0 Å². The summed E-state index contributed by atoms with van der Waals surface area (Å²) in [5.41, 5.74) is 6.14. The number of carboxylic acids is 1. The van der Waals surface area contributed by atoms with Gasteiger partial charge in [0.15, 0.2) is 0 Å². The van der Waals surface area contributed by atoms with Gasteiger partial charge in [-0.05, 0) is 18.2 Å². The van der Waals surface area contributed by atoms with Crippen LogP contribution in [0, 0.1) is 0 Å². The summed E-state index contributed by atoms with van der Waals surface area (Å²) >= 11 is 5.83. The number of halogens is 1. The Balaban J connectivity index is 2.27. The van der Waals surface area contributed by atoms with E-state index in [9.17, 15) is 14.7 Å². The second kappa shape index (κ2) is 5.07. The SMILES string of the molecule is Nc1ccc(C(=O)N2CC(O)C[C@H]2C(=O)O)cc1Cl. The average Bonchev–Trinajstić information content (AvgIpc) is 2.74. The molecule has 19 heavy (non-hydrogen) atoms. The molecule has 0 aliphatic carbocycles. The van der Waals surface area contributed by atoms with Crippen LogP contribution in [0.15, 0.2) is 18.2 Å². The molecule has 2 rings (SSSR count). The molecule has 1 aliphatic heterocycles. The Labute approximate surface area is 114 Å². The summed E-state index contributed by atoms with van der Waals surface area (Å²) < 4.78 is 0. The topological polar surface area (TPSA) is 104 Å². The zero-order valence-electron chi connectivity index (χ0n) is 9.91. The number of aliphatic hydroxyl groups is 1. The molecule has 7 heteroatoms. The lowest BCUT2D eigenvalue weighted by Crippen LogP contribution is -2.40. The van der Waals surface area contributed by atoms with Gasteiger partial charge < -0.3 is 20.8 Å². The number of carbonyl (C=O) groups is 2. The smallest absolute Gasteiger partial charge is 0.326 e. The molecule has 1 aromatic carbocycles. The van der Waals surface area contributed by atoms with E-state index in [2.05, 4.69) is 0 Å². The Morgan fingerprint density at radius 3 is 2.68 bits per heavy atom. The highest BCUT2D eigenvalue weighted by Gasteiger charge is 2.39. The van der Waals surface area contributed by atoms with Gasteiger partial charge in [0.2, 0.25) is 0 Å². The van der Waals surface area contributed by atoms with Crippen LogP contribution in [0.3, 0.4) is 0 Å². The second-order valence-electron chi connectivity index (χ2n) is 4.44. The van der Waals surface area contributed by atoms with Crippen LogP contribution in [-0.4, -0.2) is 45.7 Å². The summed E-state index contributed by atoms with van der Waals surface area (Å²) in [5, 5.41) is 18.8. The number of β-amino-alcohol motifs (C(OH)–C–C–N with tert-alkyl or cyclic N) is 1. The van der Waals surface area contributed by atoms with E-state index >= 15 is 0 Å². The zero-order valence-corrected chi connectivity index (χ0v) is 10.7. The van der Waals surface area contributed by atoms with Gasteiger partial charge >= 0.3 is 5.97 Å². The Morgan fingerprint density at radius 1 is 1.42 bits per heavy atom. The summed E-state index contributed by atoms with van der Waals surface area (Å²) in [5.74, 6) is -1.61. The summed E-state index contributed by atoms with van der Waals surface area (Å²) in [4.78, 5) is 24.4. The number of aliphatic carboxylic acids is 1. The van der Waals surface area contributed by atoms with Crippen LogP contribution < -0.4 is 5.73 Å². The van der Waals surface area contributed by atoms with Crippen LogP contribution in [0.25, 0.3) is 0 Å². The summed E-state index contributed by atoms with van der Waals surface area (Å²) in [7, 11) is 0. The zero-order chi connectivity index (χ0) is 14.2. The highest BCUT2D eigenvalue weighted by atomic mass is 35.5. The molecule has 0 spiro atoms. The molecular formula is C12H13ClN2O4. The largest absolute Gasteiger partial charge is 0.480 e. The predicted molar refractivity (Wildman–Crippen MR) is 68.9 cm³/mol. The third-order valence-electron chi connectivity index (χ3n) is 3.07. The van der Waals surface area contributed by atoms with Gasteiger partial charge in [-0.2, -0.15) is 0 Å². The average molecular weight is 285 g/mol. The first-order valence-electron chi connectivity index (χ1n) is 5.67. The Morgan fingerprint density at radius 2 is 2.11 bits per heavy atom. The van der Waals surface area contributed by atoms with Crippen molar-refractivity contribution in [3.8, 4) is 0 Å². The number of nitrogens with two attached hydrogens (primary N) is 1. The van der Waals surface area contributed by atoms with Crippen LogP contribution in [0.2, 0.25) is 5.02 Å². The van der Waals surface area contributed by atoms with Crippen molar-refractivity contribution in [2.75, 3.05) is 12.3 Å². The highest BCUT2D eigenvalue weighted by molar-refractivity contribution is 6.33. The van der Waals surface area contributed by atoms with E-state index in [0.717, 1.165) is 4.90 Å². The molecule has 0 bridgehead atoms. The van der Waals surface area contributed by atoms with Crippen molar-refractivity contribution < 1.29 is 19.8 Å². The molecule has 0 saturated carbocycles. The summed E-state index contributed by atoms with van der Waals surface area (Å²) in [6.07, 6.45) is -0.793. The number of carbonyl (C=O) groups excluding carboxylic acids is 1. The molecule has 6 nitrogen and oxygen atoms in total. The molecule has 4 N–H and O–H groups in total. The van der Waals surface area contributed by atoms with Crippen LogP contribution in [0.4, 0.5) is 5.69 Å².